The largest absolute Gasteiger partial charge is 0.494 e. The number of nitrogens with zero attached hydrogens (tertiary/aromatic N) is 3. The average Bonchev–Trinajstić information content (AvgIpc) is 3.31. The molecule has 2 aromatic rings. The van der Waals surface area contributed by atoms with Gasteiger partial charge in [-0.15, -0.1) is 0 Å². The molecule has 0 aliphatic carbocycles. The number of ether oxygens (including phenoxy) is 2. The fourth-order valence-electron chi connectivity index (χ4n) is 5.70. The number of methoxy groups -OCH3 is 2. The molecule has 0 radical (unpaired) electrons. The highest BCUT2D eigenvalue weighted by Gasteiger charge is 2.45. The molecule has 0 bridgehead atoms. The third-order valence-electron chi connectivity index (χ3n) is 8.13. The lowest BCUT2D eigenvalue weighted by Crippen LogP contribution is -2.60. The number of hydrogen-bond acceptors (Lipinski definition) is 8. The van der Waals surface area contributed by atoms with Gasteiger partial charge in [0.05, 0.1) is 30.8 Å². The van der Waals surface area contributed by atoms with Crippen LogP contribution in [0.2, 0.25) is 0 Å². The molecule has 3 aliphatic heterocycles. The van der Waals surface area contributed by atoms with Crippen molar-refractivity contribution in [3.05, 3.63) is 53.8 Å². The minimum Gasteiger partial charge on any atom is -0.494 e. The van der Waals surface area contributed by atoms with Crippen molar-refractivity contribution in [1.82, 2.24) is 21.2 Å². The maximum atomic E-state index is 14.8. The molecule has 3 fully saturated rings. The van der Waals surface area contributed by atoms with Gasteiger partial charge in [-0.1, -0.05) is 18.2 Å². The Labute approximate surface area is 217 Å². The number of fused-ring (bicyclic) bond motifs is 1. The molecule has 0 spiro atoms. The number of para-hydroxylation sites is 1. The average molecular weight is 513 g/mol. The van der Waals surface area contributed by atoms with Crippen LogP contribution in [0.15, 0.2) is 42.5 Å². The number of likely N-dealkylation sites (N-methyl/N-ethyl adjacent to an activating group) is 1. The van der Waals surface area contributed by atoms with Crippen LogP contribution >= 0.6 is 0 Å². The molecule has 3 aliphatic rings. The van der Waals surface area contributed by atoms with E-state index >= 15 is 0 Å². The van der Waals surface area contributed by atoms with E-state index in [2.05, 4.69) is 71.2 Å². The zero-order valence-corrected chi connectivity index (χ0v) is 22.1. The number of hydrazine groups is 2. The number of rotatable bonds is 6. The molecular weight excluding hydrogens is 475 g/mol. The molecule has 3 saturated heterocycles. The van der Waals surface area contributed by atoms with Crippen molar-refractivity contribution in [2.24, 2.45) is 0 Å². The van der Waals surface area contributed by atoms with Crippen LogP contribution in [0.1, 0.15) is 31.9 Å². The molecule has 5 rings (SSSR count). The van der Waals surface area contributed by atoms with Crippen LogP contribution in [0, 0.1) is 5.82 Å². The molecule has 10 heteroatoms. The molecule has 3 heterocycles. The van der Waals surface area contributed by atoms with E-state index in [1.807, 2.05) is 0 Å². The topological polar surface area (TPSA) is 81.3 Å². The first-order chi connectivity index (χ1) is 17.7. The first kappa shape index (κ1) is 25.9. The zero-order valence-electron chi connectivity index (χ0n) is 22.1. The molecule has 200 valence electrons. The van der Waals surface area contributed by atoms with Crippen molar-refractivity contribution in [3.8, 4) is 5.75 Å². The van der Waals surface area contributed by atoms with Crippen molar-refractivity contribution in [3.63, 3.8) is 0 Å². The van der Waals surface area contributed by atoms with Gasteiger partial charge in [-0.2, -0.15) is 0 Å². The Morgan fingerprint density at radius 3 is 2.51 bits per heavy atom. The number of amides is 1. The summed E-state index contributed by atoms with van der Waals surface area (Å²) in [7, 11) is 5.40. The van der Waals surface area contributed by atoms with Gasteiger partial charge in [0.15, 0.2) is 5.82 Å². The third-order valence-corrected chi connectivity index (χ3v) is 8.13. The second-order valence-corrected chi connectivity index (χ2v) is 10.6. The Balaban J connectivity index is 1.33. The zero-order chi connectivity index (χ0) is 26.3. The lowest BCUT2D eigenvalue weighted by molar-refractivity contribution is -0.121. The van der Waals surface area contributed by atoms with Crippen molar-refractivity contribution in [1.29, 1.82) is 0 Å². The maximum absolute atomic E-state index is 14.8. The Hall–Kier alpha value is -2.76. The summed E-state index contributed by atoms with van der Waals surface area (Å²) in [6.07, 6.45) is 0.231. The van der Waals surface area contributed by atoms with E-state index in [0.29, 0.717) is 5.75 Å². The molecule has 9 nitrogen and oxygen atoms in total. The quantitative estimate of drug-likeness (QED) is 0.544. The van der Waals surface area contributed by atoms with Crippen molar-refractivity contribution < 1.29 is 18.7 Å². The smallest absolute Gasteiger partial charge is 0.243 e. The van der Waals surface area contributed by atoms with E-state index in [1.54, 1.807) is 19.2 Å². The number of halogens is 1. The Bertz CT molecular complexity index is 1130. The van der Waals surface area contributed by atoms with E-state index < -0.39 is 5.82 Å². The molecule has 4 unspecified atom stereocenters. The van der Waals surface area contributed by atoms with Gasteiger partial charge in [0.25, 0.3) is 0 Å². The maximum Gasteiger partial charge on any atom is 0.243 e. The van der Waals surface area contributed by atoms with Crippen LogP contribution in [0.3, 0.4) is 0 Å². The van der Waals surface area contributed by atoms with Crippen LogP contribution in [0.25, 0.3) is 0 Å². The highest BCUT2D eigenvalue weighted by molar-refractivity contribution is 5.95. The normalized spacial score (nSPS) is 26.9. The van der Waals surface area contributed by atoms with Crippen molar-refractivity contribution in [2.75, 3.05) is 50.8 Å². The van der Waals surface area contributed by atoms with E-state index in [-0.39, 0.29) is 47.8 Å². The van der Waals surface area contributed by atoms with Gasteiger partial charge in [-0.05, 0) is 50.7 Å². The highest BCUT2D eigenvalue weighted by atomic mass is 19.1. The number of hydrogen-bond donors (Lipinski definition) is 3. The SMILES string of the molecule is COc1cccc(F)c1N1NC2C(CC1=O)NNC2c1ccc(N2CCN(C)C(C(C)(C)OC)C2)cc1. The van der Waals surface area contributed by atoms with Gasteiger partial charge in [-0.25, -0.2) is 20.3 Å². The minimum absolute atomic E-state index is 0.109. The van der Waals surface area contributed by atoms with Crippen molar-refractivity contribution in [2.45, 2.75) is 50.0 Å². The first-order valence-corrected chi connectivity index (χ1v) is 12.8. The van der Waals surface area contributed by atoms with Crippen LogP contribution < -0.4 is 30.9 Å². The fourth-order valence-corrected chi connectivity index (χ4v) is 5.70. The van der Waals surface area contributed by atoms with E-state index in [0.717, 1.165) is 25.2 Å². The Morgan fingerprint density at radius 1 is 1.05 bits per heavy atom. The third kappa shape index (κ3) is 4.80. The number of piperazine rings is 1. The molecule has 1 amide bonds. The number of carbonyl (C=O) groups is 1. The lowest BCUT2D eigenvalue weighted by Gasteiger charge is -2.47. The summed E-state index contributed by atoms with van der Waals surface area (Å²) in [4.78, 5) is 17.7. The number of carbonyl (C=O) groups excluding carboxylic acids is 1. The van der Waals surface area contributed by atoms with Crippen LogP contribution in [0.5, 0.6) is 5.75 Å². The second kappa shape index (κ2) is 10.2. The summed E-state index contributed by atoms with van der Waals surface area (Å²) in [6, 6.07) is 13.0. The minimum atomic E-state index is -0.513. The van der Waals surface area contributed by atoms with Crippen LogP contribution in [0.4, 0.5) is 15.8 Å². The van der Waals surface area contributed by atoms with Gasteiger partial charge in [0, 0.05) is 44.9 Å². The number of benzene rings is 2. The molecule has 37 heavy (non-hydrogen) atoms. The summed E-state index contributed by atoms with van der Waals surface area (Å²) in [5.41, 5.74) is 12.0. The summed E-state index contributed by atoms with van der Waals surface area (Å²) < 4.78 is 25.9. The van der Waals surface area contributed by atoms with Crippen LogP contribution in [-0.2, 0) is 9.53 Å². The van der Waals surface area contributed by atoms with Gasteiger partial charge < -0.3 is 14.4 Å². The highest BCUT2D eigenvalue weighted by Crippen LogP contribution is 2.36. The molecule has 3 N–H and O–H groups in total. The molecule has 2 aromatic carbocycles. The summed E-state index contributed by atoms with van der Waals surface area (Å²) >= 11 is 0. The van der Waals surface area contributed by atoms with E-state index in [1.165, 1.54) is 23.9 Å². The van der Waals surface area contributed by atoms with Crippen molar-refractivity contribution >= 4 is 17.3 Å². The van der Waals surface area contributed by atoms with Gasteiger partial charge >= 0.3 is 0 Å². The standard InChI is InChI=1S/C27H37FN6O3/c1-27(2,37-5)22-16-33(14-13-32(22)3)18-11-9-17(10-12-18)24-25-20(29-30-24)15-23(35)34(31-25)26-19(28)7-6-8-21(26)36-4/h6-12,20,22,24-25,29-31H,13-16H2,1-5H3. The predicted octanol–water partition coefficient (Wildman–Crippen LogP) is 2.21. The molecule has 4 atom stereocenters. The van der Waals surface area contributed by atoms with Crippen LogP contribution in [-0.4, -0.2) is 75.4 Å². The molecular formula is C27H37FN6O3. The number of nitrogens with one attached hydrogen (secondary N) is 3. The number of anilines is 2. The monoisotopic (exact) mass is 512 g/mol. The van der Waals surface area contributed by atoms with Gasteiger partial charge in [0.1, 0.15) is 11.4 Å². The second-order valence-electron chi connectivity index (χ2n) is 10.6. The van der Waals surface area contributed by atoms with E-state index in [9.17, 15) is 9.18 Å². The summed E-state index contributed by atoms with van der Waals surface area (Å²) in [6.45, 7) is 7.07. The first-order valence-electron chi connectivity index (χ1n) is 12.8. The Morgan fingerprint density at radius 2 is 1.81 bits per heavy atom. The fraction of sp³-hybridized carbons (Fsp3) is 0.519. The predicted molar refractivity (Wildman–Crippen MR) is 141 cm³/mol. The summed E-state index contributed by atoms with van der Waals surface area (Å²) in [5, 5.41) is 1.30. The molecule has 0 saturated carbocycles. The van der Waals surface area contributed by atoms with E-state index in [4.69, 9.17) is 9.47 Å². The molecule has 0 aromatic heterocycles. The van der Waals surface area contributed by atoms with Gasteiger partial charge in [0.2, 0.25) is 5.91 Å². The Kier molecular flexibility index (Phi) is 7.12. The lowest BCUT2D eigenvalue weighted by atomic mass is 9.92. The summed E-state index contributed by atoms with van der Waals surface area (Å²) in [5.74, 6) is -0.430. The van der Waals surface area contributed by atoms with Gasteiger partial charge in [-0.3, -0.25) is 15.1 Å².